The smallest absolute Gasteiger partial charge is 0.265 e. The number of unbranched alkanes of at least 4 members (excludes halogenated alkanes) is 1. The van der Waals surface area contributed by atoms with E-state index in [1.807, 2.05) is 0 Å². The molecular weight excluding hydrogens is 238 g/mol. The third-order valence-corrected chi connectivity index (χ3v) is 2.51. The van der Waals surface area contributed by atoms with Gasteiger partial charge in [0.1, 0.15) is 0 Å². The molecule has 3 N–H and O–H groups in total. The van der Waals surface area contributed by atoms with E-state index in [-0.39, 0.29) is 5.56 Å². The Balaban J connectivity index is 2.42. The van der Waals surface area contributed by atoms with Crippen LogP contribution in [0.5, 0.6) is 0 Å². The van der Waals surface area contributed by atoms with E-state index in [0.29, 0.717) is 31.1 Å². The first kappa shape index (κ1) is 14.7. The molecule has 0 amide bonds. The molecule has 1 aromatic carbocycles. The highest BCUT2D eigenvalue weighted by molar-refractivity contribution is 5.58. The number of anilines is 2. The number of benzene rings is 1. The zero-order valence-corrected chi connectivity index (χ0v) is 10.6. The van der Waals surface area contributed by atoms with Gasteiger partial charge in [-0.05, 0) is 24.6 Å². The van der Waals surface area contributed by atoms with Crippen LogP contribution in [0.3, 0.4) is 0 Å². The topological polar surface area (TPSA) is 47.3 Å². The van der Waals surface area contributed by atoms with Crippen LogP contribution in [-0.4, -0.2) is 19.8 Å². The highest BCUT2D eigenvalue weighted by Crippen LogP contribution is 2.28. The Morgan fingerprint density at radius 1 is 1.33 bits per heavy atom. The number of halogens is 2. The number of nitrogens with two attached hydrogens (primary N) is 1. The molecule has 1 aromatic rings. The van der Waals surface area contributed by atoms with Crippen LogP contribution in [0.4, 0.5) is 20.2 Å². The minimum atomic E-state index is -2.53. The lowest BCUT2D eigenvalue weighted by molar-refractivity contribution is 0.140. The number of hydrogen-bond acceptors (Lipinski definition) is 3. The van der Waals surface area contributed by atoms with Gasteiger partial charge in [-0.25, -0.2) is 8.78 Å². The number of hydrogen-bond donors (Lipinski definition) is 2. The molecule has 0 heterocycles. The van der Waals surface area contributed by atoms with Crippen LogP contribution in [0, 0.1) is 0 Å². The lowest BCUT2D eigenvalue weighted by atomic mass is 10.1. The quantitative estimate of drug-likeness (QED) is 0.554. The summed E-state index contributed by atoms with van der Waals surface area (Å²) in [7, 11) is 0. The predicted molar refractivity (Wildman–Crippen MR) is 70.0 cm³/mol. The molecule has 0 radical (unpaired) electrons. The molecule has 1 rings (SSSR count). The van der Waals surface area contributed by atoms with Crippen molar-refractivity contribution >= 4 is 11.4 Å². The van der Waals surface area contributed by atoms with Crippen LogP contribution >= 0.6 is 0 Å². The van der Waals surface area contributed by atoms with Crippen molar-refractivity contribution < 1.29 is 13.5 Å². The summed E-state index contributed by atoms with van der Waals surface area (Å²) in [6.45, 7) is 3.81. The van der Waals surface area contributed by atoms with Crippen LogP contribution in [0.25, 0.3) is 0 Å². The van der Waals surface area contributed by atoms with Crippen molar-refractivity contribution in [2.24, 2.45) is 0 Å². The molecule has 0 unspecified atom stereocenters. The van der Waals surface area contributed by atoms with E-state index in [4.69, 9.17) is 10.5 Å². The van der Waals surface area contributed by atoms with Crippen LogP contribution in [-0.2, 0) is 4.74 Å². The van der Waals surface area contributed by atoms with Crippen molar-refractivity contribution in [3.63, 3.8) is 0 Å². The van der Waals surface area contributed by atoms with E-state index in [9.17, 15) is 8.78 Å². The summed E-state index contributed by atoms with van der Waals surface area (Å²) >= 11 is 0. The van der Waals surface area contributed by atoms with Crippen LogP contribution in [0.2, 0.25) is 0 Å². The first-order chi connectivity index (χ1) is 8.65. The Morgan fingerprint density at radius 3 is 2.78 bits per heavy atom. The highest BCUT2D eigenvalue weighted by Gasteiger charge is 2.12. The summed E-state index contributed by atoms with van der Waals surface area (Å²) in [6.07, 6.45) is -0.428. The second-order valence-corrected chi connectivity index (χ2v) is 4.04. The summed E-state index contributed by atoms with van der Waals surface area (Å²) in [5.41, 5.74) is 6.18. The third-order valence-electron chi connectivity index (χ3n) is 2.51. The second kappa shape index (κ2) is 7.87. The fraction of sp³-hybridized carbons (Fsp3) is 0.538. The SMILES string of the molecule is CCCCOCCNc1ccc(N)cc1C(F)F. The average Bonchev–Trinajstić information content (AvgIpc) is 2.35. The molecule has 5 heteroatoms. The van der Waals surface area contributed by atoms with Crippen molar-refractivity contribution in [2.75, 3.05) is 30.8 Å². The van der Waals surface area contributed by atoms with Crippen LogP contribution < -0.4 is 11.1 Å². The van der Waals surface area contributed by atoms with Gasteiger partial charge < -0.3 is 15.8 Å². The highest BCUT2D eigenvalue weighted by atomic mass is 19.3. The van der Waals surface area contributed by atoms with Crippen LogP contribution in [0.15, 0.2) is 18.2 Å². The maximum absolute atomic E-state index is 12.8. The Morgan fingerprint density at radius 2 is 2.11 bits per heavy atom. The molecule has 0 atom stereocenters. The largest absolute Gasteiger partial charge is 0.399 e. The number of ether oxygens (including phenoxy) is 1. The molecule has 102 valence electrons. The van der Waals surface area contributed by atoms with E-state index in [2.05, 4.69) is 12.2 Å². The lowest BCUT2D eigenvalue weighted by Crippen LogP contribution is -2.11. The number of nitrogen functional groups attached to an aromatic ring is 1. The molecule has 0 aromatic heterocycles. The summed E-state index contributed by atoms with van der Waals surface area (Å²) in [5, 5.41) is 2.94. The standard InChI is InChI=1S/C13H20F2N2O/c1-2-3-7-18-8-6-17-12-5-4-10(16)9-11(12)13(14)15/h4-5,9,13,17H,2-3,6-8,16H2,1H3. The molecule has 0 bridgehead atoms. The van der Waals surface area contributed by atoms with Crippen LogP contribution in [0.1, 0.15) is 31.8 Å². The van der Waals surface area contributed by atoms with Gasteiger partial charge in [0, 0.05) is 30.1 Å². The van der Waals surface area contributed by atoms with Gasteiger partial charge in [-0.3, -0.25) is 0 Å². The Bertz CT molecular complexity index is 359. The van der Waals surface area contributed by atoms with Gasteiger partial charge in [0.05, 0.1) is 6.61 Å². The minimum Gasteiger partial charge on any atom is -0.399 e. The van der Waals surface area contributed by atoms with Gasteiger partial charge in [0.15, 0.2) is 0 Å². The van der Waals surface area contributed by atoms with Gasteiger partial charge in [0.25, 0.3) is 6.43 Å². The van der Waals surface area contributed by atoms with Crippen molar-refractivity contribution in [3.8, 4) is 0 Å². The molecule has 0 aliphatic rings. The zero-order chi connectivity index (χ0) is 13.4. The average molecular weight is 258 g/mol. The molecule has 18 heavy (non-hydrogen) atoms. The fourth-order valence-corrected chi connectivity index (χ4v) is 1.53. The first-order valence-electron chi connectivity index (χ1n) is 6.14. The van der Waals surface area contributed by atoms with E-state index in [1.54, 1.807) is 12.1 Å². The van der Waals surface area contributed by atoms with Crippen molar-refractivity contribution in [1.29, 1.82) is 0 Å². The molecule has 0 aliphatic heterocycles. The van der Waals surface area contributed by atoms with Crippen molar-refractivity contribution in [1.82, 2.24) is 0 Å². The van der Waals surface area contributed by atoms with Gasteiger partial charge >= 0.3 is 0 Å². The molecule has 0 spiro atoms. The summed E-state index contributed by atoms with van der Waals surface area (Å²) in [6, 6.07) is 4.47. The predicted octanol–water partition coefficient (Wildman–Crippen LogP) is 3.44. The number of alkyl halides is 2. The number of rotatable bonds is 8. The second-order valence-electron chi connectivity index (χ2n) is 4.04. The molecule has 0 saturated carbocycles. The maximum atomic E-state index is 12.8. The van der Waals surface area contributed by atoms with E-state index >= 15 is 0 Å². The zero-order valence-electron chi connectivity index (χ0n) is 10.6. The Kier molecular flexibility index (Phi) is 6.43. The van der Waals surface area contributed by atoms with E-state index in [1.165, 1.54) is 6.07 Å². The van der Waals surface area contributed by atoms with Crippen molar-refractivity contribution in [3.05, 3.63) is 23.8 Å². The maximum Gasteiger partial charge on any atom is 0.265 e. The van der Waals surface area contributed by atoms with Gasteiger partial charge in [-0.1, -0.05) is 13.3 Å². The monoisotopic (exact) mass is 258 g/mol. The fourth-order valence-electron chi connectivity index (χ4n) is 1.53. The van der Waals surface area contributed by atoms with E-state index < -0.39 is 6.43 Å². The summed E-state index contributed by atoms with van der Waals surface area (Å²) < 4.78 is 30.9. The van der Waals surface area contributed by atoms with Gasteiger partial charge in [0.2, 0.25) is 0 Å². The summed E-state index contributed by atoms with van der Waals surface area (Å²) in [5.74, 6) is 0. The van der Waals surface area contributed by atoms with Gasteiger partial charge in [-0.2, -0.15) is 0 Å². The minimum absolute atomic E-state index is 0.0661. The molecule has 0 aliphatic carbocycles. The molecule has 3 nitrogen and oxygen atoms in total. The lowest BCUT2D eigenvalue weighted by Gasteiger charge is -2.12. The molecule has 0 fully saturated rings. The van der Waals surface area contributed by atoms with Crippen molar-refractivity contribution in [2.45, 2.75) is 26.2 Å². The Labute approximate surface area is 106 Å². The molecular formula is C13H20F2N2O. The molecule has 0 saturated heterocycles. The first-order valence-corrected chi connectivity index (χ1v) is 6.14. The normalized spacial score (nSPS) is 10.9. The number of nitrogens with one attached hydrogen (secondary N) is 1. The summed E-state index contributed by atoms with van der Waals surface area (Å²) in [4.78, 5) is 0. The van der Waals surface area contributed by atoms with Gasteiger partial charge in [-0.15, -0.1) is 0 Å². The third kappa shape index (κ3) is 4.87. The Hall–Kier alpha value is -1.36. The van der Waals surface area contributed by atoms with E-state index in [0.717, 1.165) is 12.8 Å².